The van der Waals surface area contributed by atoms with Gasteiger partial charge >= 0.3 is 0 Å². The summed E-state index contributed by atoms with van der Waals surface area (Å²) in [5.74, 6) is -0.405. The Kier molecular flexibility index (Phi) is 13.0. The molecule has 0 saturated carbocycles. The van der Waals surface area contributed by atoms with Gasteiger partial charge in [0, 0.05) is 58.6 Å². The number of hydrogen-bond acceptors (Lipinski definition) is 6. The molecule has 0 bridgehead atoms. The van der Waals surface area contributed by atoms with Gasteiger partial charge in [-0.05, 0) is 58.8 Å². The van der Waals surface area contributed by atoms with E-state index in [2.05, 4.69) is 10.6 Å². The Morgan fingerprint density at radius 3 is 1.10 bits per heavy atom. The molecule has 48 heavy (non-hydrogen) atoms. The Morgan fingerprint density at radius 1 is 0.521 bits per heavy atom. The summed E-state index contributed by atoms with van der Waals surface area (Å²) in [6.45, 7) is 24.5. The molecule has 0 saturated heterocycles. The Labute approximate surface area is 288 Å². The molecule has 2 aromatic rings. The first-order valence-electron chi connectivity index (χ1n) is 17.0. The summed E-state index contributed by atoms with van der Waals surface area (Å²) in [7, 11) is 0. The minimum atomic E-state index is -0.496. The normalized spacial score (nSPS) is 13.0. The van der Waals surface area contributed by atoms with Crippen molar-refractivity contribution in [2.24, 2.45) is 0 Å². The topological polar surface area (TPSA) is 139 Å². The van der Waals surface area contributed by atoms with Gasteiger partial charge in [0.15, 0.2) is 0 Å². The van der Waals surface area contributed by atoms with Crippen molar-refractivity contribution in [3.63, 3.8) is 0 Å². The quantitative estimate of drug-likeness (QED) is 0.106. The standard InChI is InChI=1S/C40H60N2O6/c1-37(2,3)27-23-25(33(45)31(35(27)47)39(7,8)9)17-19-29(43)41-21-15-13-14-16-22-42-30(44)20-18-26-24-28(38(4,5)6)36(48)32(34(26)46)40(10,11)12/h17-20,23-24,45-48H,13-16,21-22H2,1-12H3,(H,41,43)(H,42,44)/b19-17+,20-18+. The highest BCUT2D eigenvalue weighted by molar-refractivity contribution is 5.93. The van der Waals surface area contributed by atoms with Crippen LogP contribution in [-0.4, -0.2) is 45.3 Å². The molecule has 6 N–H and O–H groups in total. The molecule has 266 valence electrons. The van der Waals surface area contributed by atoms with Gasteiger partial charge < -0.3 is 31.1 Å². The SMILES string of the molecule is CC(C)(C)c1cc(/C=C/C(=O)NCCCCCCNC(=O)/C=C/c2cc(C(C)(C)C)c(O)c(C(C)(C)C)c2O)c(O)c(C(C)(C)C)c1O. The molecular weight excluding hydrogens is 604 g/mol. The van der Waals surface area contributed by atoms with E-state index in [1.54, 1.807) is 24.3 Å². The zero-order chi connectivity index (χ0) is 36.8. The second kappa shape index (κ2) is 15.5. The molecule has 0 unspecified atom stereocenters. The van der Waals surface area contributed by atoms with Gasteiger partial charge in [-0.3, -0.25) is 9.59 Å². The van der Waals surface area contributed by atoms with E-state index < -0.39 is 10.8 Å². The van der Waals surface area contributed by atoms with Crippen LogP contribution in [0.15, 0.2) is 24.3 Å². The first-order valence-corrected chi connectivity index (χ1v) is 17.0. The number of unbranched alkanes of at least 4 members (excludes halogenated alkanes) is 3. The van der Waals surface area contributed by atoms with Crippen molar-refractivity contribution in [2.75, 3.05) is 13.1 Å². The fourth-order valence-electron chi connectivity index (χ4n) is 5.66. The van der Waals surface area contributed by atoms with Crippen LogP contribution < -0.4 is 10.6 Å². The fourth-order valence-corrected chi connectivity index (χ4v) is 5.66. The molecule has 0 radical (unpaired) electrons. The predicted octanol–water partition coefficient (Wildman–Crippen LogP) is 8.22. The van der Waals surface area contributed by atoms with Gasteiger partial charge in [-0.25, -0.2) is 0 Å². The molecule has 2 amide bonds. The monoisotopic (exact) mass is 664 g/mol. The van der Waals surface area contributed by atoms with Gasteiger partial charge in [0.05, 0.1) is 0 Å². The maximum Gasteiger partial charge on any atom is 0.244 e. The van der Waals surface area contributed by atoms with E-state index in [9.17, 15) is 30.0 Å². The van der Waals surface area contributed by atoms with Crippen LogP contribution in [0, 0.1) is 0 Å². The lowest BCUT2D eigenvalue weighted by atomic mass is 9.77. The number of phenols is 4. The van der Waals surface area contributed by atoms with Crippen molar-refractivity contribution in [2.45, 2.75) is 130 Å². The summed E-state index contributed by atoms with van der Waals surface area (Å²) in [5.41, 5.74) is 1.61. The minimum Gasteiger partial charge on any atom is -0.507 e. The summed E-state index contributed by atoms with van der Waals surface area (Å²) in [4.78, 5) is 25.0. The van der Waals surface area contributed by atoms with Gasteiger partial charge in [-0.2, -0.15) is 0 Å². The van der Waals surface area contributed by atoms with E-state index in [4.69, 9.17) is 0 Å². The second-order valence-corrected chi connectivity index (χ2v) is 16.8. The Bertz CT molecular complexity index is 1410. The lowest BCUT2D eigenvalue weighted by Gasteiger charge is -2.29. The number of phenolic OH excluding ortho intramolecular Hbond substituents is 4. The summed E-state index contributed by atoms with van der Waals surface area (Å²) in [5, 5.41) is 49.5. The summed E-state index contributed by atoms with van der Waals surface area (Å²) in [6.07, 6.45) is 9.30. The first kappa shape index (κ1) is 40.2. The number of amides is 2. The summed E-state index contributed by atoms with van der Waals surface area (Å²) < 4.78 is 0. The van der Waals surface area contributed by atoms with Crippen molar-refractivity contribution in [1.82, 2.24) is 10.6 Å². The highest BCUT2D eigenvalue weighted by atomic mass is 16.3. The van der Waals surface area contributed by atoms with E-state index >= 15 is 0 Å². The third kappa shape index (κ3) is 10.8. The van der Waals surface area contributed by atoms with Crippen LogP contribution in [0.5, 0.6) is 23.0 Å². The molecule has 0 aliphatic heterocycles. The lowest BCUT2D eigenvalue weighted by molar-refractivity contribution is -0.117. The molecule has 8 heteroatoms. The molecule has 2 rings (SSSR count). The van der Waals surface area contributed by atoms with E-state index in [1.165, 1.54) is 12.2 Å². The van der Waals surface area contributed by atoms with Crippen LogP contribution in [0.2, 0.25) is 0 Å². The van der Waals surface area contributed by atoms with Crippen LogP contribution in [0.3, 0.4) is 0 Å². The Hall–Kier alpha value is -3.94. The minimum absolute atomic E-state index is 0.0255. The number of rotatable bonds is 11. The van der Waals surface area contributed by atoms with E-state index in [0.717, 1.165) is 25.7 Å². The Morgan fingerprint density at radius 2 is 0.833 bits per heavy atom. The van der Waals surface area contributed by atoms with Gasteiger partial charge in [0.2, 0.25) is 11.8 Å². The molecular formula is C40H60N2O6. The maximum absolute atomic E-state index is 12.5. The third-order valence-corrected chi connectivity index (χ3v) is 8.25. The van der Waals surface area contributed by atoms with Gasteiger partial charge in [-0.15, -0.1) is 0 Å². The molecule has 0 spiro atoms. The number of carbonyl (C=O) groups is 2. The highest BCUT2D eigenvalue weighted by Gasteiger charge is 2.31. The number of hydrogen-bond donors (Lipinski definition) is 6. The molecule has 0 atom stereocenters. The van der Waals surface area contributed by atoms with Gasteiger partial charge in [-0.1, -0.05) is 95.9 Å². The van der Waals surface area contributed by atoms with Crippen molar-refractivity contribution < 1.29 is 30.0 Å². The zero-order valence-electron chi connectivity index (χ0n) is 31.3. The van der Waals surface area contributed by atoms with Crippen LogP contribution in [0.4, 0.5) is 0 Å². The molecule has 0 fully saturated rings. The molecule has 0 aliphatic rings. The largest absolute Gasteiger partial charge is 0.507 e. The number of nitrogens with one attached hydrogen (secondary N) is 2. The zero-order valence-corrected chi connectivity index (χ0v) is 31.3. The van der Waals surface area contributed by atoms with Crippen molar-refractivity contribution in [3.05, 3.63) is 57.7 Å². The first-order chi connectivity index (χ1) is 21.9. The molecule has 0 aliphatic carbocycles. The van der Waals surface area contributed by atoms with E-state index in [1.807, 2.05) is 83.1 Å². The van der Waals surface area contributed by atoms with E-state index in [-0.39, 0.29) is 45.6 Å². The van der Waals surface area contributed by atoms with Crippen molar-refractivity contribution in [3.8, 4) is 23.0 Å². The maximum atomic E-state index is 12.5. The van der Waals surface area contributed by atoms with Crippen molar-refractivity contribution >= 4 is 24.0 Å². The number of benzene rings is 2. The highest BCUT2D eigenvalue weighted by Crippen LogP contribution is 2.47. The third-order valence-electron chi connectivity index (χ3n) is 8.25. The molecule has 2 aromatic carbocycles. The van der Waals surface area contributed by atoms with Gasteiger partial charge in [0.1, 0.15) is 23.0 Å². The smallest absolute Gasteiger partial charge is 0.244 e. The van der Waals surface area contributed by atoms with E-state index in [0.29, 0.717) is 46.5 Å². The van der Waals surface area contributed by atoms with Crippen molar-refractivity contribution in [1.29, 1.82) is 0 Å². The Balaban J connectivity index is 1.86. The van der Waals surface area contributed by atoms with Gasteiger partial charge in [0.25, 0.3) is 0 Å². The molecule has 8 nitrogen and oxygen atoms in total. The van der Waals surface area contributed by atoms with Crippen LogP contribution >= 0.6 is 0 Å². The number of carbonyl (C=O) groups excluding carboxylic acids is 2. The average Bonchev–Trinajstić information content (AvgIpc) is 2.90. The average molecular weight is 665 g/mol. The number of aromatic hydroxyl groups is 4. The van der Waals surface area contributed by atoms with Crippen LogP contribution in [-0.2, 0) is 31.2 Å². The lowest BCUT2D eigenvalue weighted by Crippen LogP contribution is -2.23. The van der Waals surface area contributed by atoms with Crippen LogP contribution in [0.1, 0.15) is 142 Å². The second-order valence-electron chi connectivity index (χ2n) is 16.8. The summed E-state index contributed by atoms with van der Waals surface area (Å²) >= 11 is 0. The molecule has 0 aromatic heterocycles. The fraction of sp³-hybridized carbons (Fsp3) is 0.550. The van der Waals surface area contributed by atoms with Crippen LogP contribution in [0.25, 0.3) is 12.2 Å². The summed E-state index contributed by atoms with van der Waals surface area (Å²) in [6, 6.07) is 3.47. The molecule has 0 heterocycles. The predicted molar refractivity (Wildman–Crippen MR) is 197 cm³/mol.